The van der Waals surface area contributed by atoms with Crippen molar-refractivity contribution in [3.63, 3.8) is 0 Å². The van der Waals surface area contributed by atoms with Gasteiger partial charge in [0.05, 0.1) is 0 Å². The topological polar surface area (TPSA) is 29.5 Å². The van der Waals surface area contributed by atoms with Gasteiger partial charge in [0.2, 0.25) is 0 Å². The van der Waals surface area contributed by atoms with Gasteiger partial charge in [-0.05, 0) is 80.5 Å². The second kappa shape index (κ2) is 5.27. The lowest BCUT2D eigenvalue weighted by atomic mass is 9.70. The summed E-state index contributed by atoms with van der Waals surface area (Å²) in [6.07, 6.45) is 0.825. The summed E-state index contributed by atoms with van der Waals surface area (Å²) >= 11 is 0. The molecule has 2 aromatic carbocycles. The van der Waals surface area contributed by atoms with Gasteiger partial charge in [-0.1, -0.05) is 19.9 Å². The minimum atomic E-state index is -0.541. The van der Waals surface area contributed by atoms with Crippen molar-refractivity contribution in [2.45, 2.75) is 65.9 Å². The van der Waals surface area contributed by atoms with Gasteiger partial charge < -0.3 is 9.84 Å². The van der Waals surface area contributed by atoms with E-state index in [0.29, 0.717) is 5.75 Å². The van der Waals surface area contributed by atoms with Crippen molar-refractivity contribution in [1.82, 2.24) is 0 Å². The highest BCUT2D eigenvalue weighted by atomic mass is 16.5. The van der Waals surface area contributed by atoms with Gasteiger partial charge in [0.25, 0.3) is 0 Å². The third-order valence-corrected chi connectivity index (χ3v) is 5.62. The number of ether oxygens (including phenoxy) is 1. The van der Waals surface area contributed by atoms with Crippen molar-refractivity contribution < 1.29 is 9.84 Å². The molecule has 0 fully saturated rings. The lowest BCUT2D eigenvalue weighted by Gasteiger charge is -2.45. The molecular weight excluding hydrogens is 296 g/mol. The molecule has 1 atom stereocenters. The largest absolute Gasteiger partial charge is 0.508 e. The van der Waals surface area contributed by atoms with Crippen molar-refractivity contribution in [3.05, 3.63) is 57.6 Å². The molecule has 1 aliphatic heterocycles. The van der Waals surface area contributed by atoms with E-state index in [1.165, 1.54) is 22.3 Å². The Balaban J connectivity index is 2.17. The highest BCUT2D eigenvalue weighted by Crippen LogP contribution is 2.51. The fourth-order valence-corrected chi connectivity index (χ4v) is 4.00. The van der Waals surface area contributed by atoms with Crippen LogP contribution >= 0.6 is 0 Å². The summed E-state index contributed by atoms with van der Waals surface area (Å²) in [7, 11) is 0. The quantitative estimate of drug-likeness (QED) is 0.739. The molecule has 24 heavy (non-hydrogen) atoms. The Bertz CT molecular complexity index is 817. The first-order chi connectivity index (χ1) is 11.0. The molecule has 128 valence electrons. The zero-order chi connectivity index (χ0) is 17.9. The third-order valence-electron chi connectivity index (χ3n) is 5.62. The molecule has 1 aliphatic rings. The van der Waals surface area contributed by atoms with Gasteiger partial charge in [0, 0.05) is 17.5 Å². The molecular formula is C22H28O2. The van der Waals surface area contributed by atoms with E-state index in [4.69, 9.17) is 4.74 Å². The summed E-state index contributed by atoms with van der Waals surface area (Å²) in [5.74, 6) is 1.26. The van der Waals surface area contributed by atoms with Gasteiger partial charge in [-0.3, -0.25) is 0 Å². The molecule has 1 N–H and O–H groups in total. The summed E-state index contributed by atoms with van der Waals surface area (Å²) in [5, 5.41) is 10.6. The molecule has 2 heteroatoms. The van der Waals surface area contributed by atoms with Crippen LogP contribution in [0.5, 0.6) is 11.5 Å². The summed E-state index contributed by atoms with van der Waals surface area (Å²) in [6.45, 7) is 15.0. The molecule has 0 bridgehead atoms. The second-order valence-electron chi connectivity index (χ2n) is 8.28. The zero-order valence-corrected chi connectivity index (χ0v) is 15.9. The number of fused-ring (bicyclic) bond motifs is 1. The molecule has 0 saturated carbocycles. The van der Waals surface area contributed by atoms with E-state index in [9.17, 15) is 5.11 Å². The van der Waals surface area contributed by atoms with Crippen LogP contribution in [0.2, 0.25) is 0 Å². The highest BCUT2D eigenvalue weighted by Gasteiger charge is 2.44. The number of rotatable bonds is 1. The monoisotopic (exact) mass is 324 g/mol. The number of aromatic hydroxyl groups is 1. The maximum atomic E-state index is 10.6. The van der Waals surface area contributed by atoms with Crippen LogP contribution in [0, 0.1) is 27.7 Å². The van der Waals surface area contributed by atoms with Crippen LogP contribution in [0.15, 0.2) is 24.3 Å². The lowest BCUT2D eigenvalue weighted by molar-refractivity contribution is 0.0303. The molecule has 2 nitrogen and oxygen atoms in total. The van der Waals surface area contributed by atoms with Crippen molar-refractivity contribution in [1.29, 1.82) is 0 Å². The van der Waals surface area contributed by atoms with E-state index in [2.05, 4.69) is 59.7 Å². The van der Waals surface area contributed by atoms with Crippen LogP contribution in [-0.2, 0) is 11.0 Å². The van der Waals surface area contributed by atoms with Crippen LogP contribution in [0.1, 0.15) is 60.6 Å². The minimum Gasteiger partial charge on any atom is -0.508 e. The predicted octanol–water partition coefficient (Wildman–Crippen LogP) is 5.60. The number of hydrogen-bond acceptors (Lipinski definition) is 2. The Labute approximate surface area is 145 Å². The Hall–Kier alpha value is -1.96. The molecule has 2 aromatic rings. The fraction of sp³-hybridized carbons (Fsp3) is 0.455. The minimum absolute atomic E-state index is 0.0218. The molecule has 0 aromatic heterocycles. The first kappa shape index (κ1) is 16.9. The smallest absolute Gasteiger partial charge is 0.136 e. The van der Waals surface area contributed by atoms with Crippen LogP contribution < -0.4 is 4.74 Å². The van der Waals surface area contributed by atoms with E-state index < -0.39 is 5.60 Å². The summed E-state index contributed by atoms with van der Waals surface area (Å²) < 4.78 is 6.49. The van der Waals surface area contributed by atoms with Gasteiger partial charge in [-0.25, -0.2) is 0 Å². The van der Waals surface area contributed by atoms with Crippen molar-refractivity contribution in [3.8, 4) is 11.5 Å². The average Bonchev–Trinajstić information content (AvgIpc) is 2.44. The third kappa shape index (κ3) is 2.58. The Morgan fingerprint density at radius 1 is 0.792 bits per heavy atom. The number of benzene rings is 2. The Morgan fingerprint density at radius 2 is 1.29 bits per heavy atom. The normalized spacial score (nSPS) is 22.0. The lowest BCUT2D eigenvalue weighted by Crippen LogP contribution is -2.41. The molecule has 0 unspecified atom stereocenters. The van der Waals surface area contributed by atoms with Crippen molar-refractivity contribution >= 4 is 0 Å². The molecule has 0 radical (unpaired) electrons. The first-order valence-corrected chi connectivity index (χ1v) is 8.65. The van der Waals surface area contributed by atoms with Crippen LogP contribution in [-0.4, -0.2) is 5.11 Å². The molecule has 0 amide bonds. The van der Waals surface area contributed by atoms with Crippen LogP contribution in [0.25, 0.3) is 0 Å². The predicted molar refractivity (Wildman–Crippen MR) is 99.1 cm³/mol. The maximum absolute atomic E-state index is 10.6. The van der Waals surface area contributed by atoms with E-state index in [-0.39, 0.29) is 5.41 Å². The number of hydrogen-bond donors (Lipinski definition) is 1. The highest BCUT2D eigenvalue weighted by molar-refractivity contribution is 5.51. The molecule has 0 spiro atoms. The van der Waals surface area contributed by atoms with Crippen LogP contribution in [0.4, 0.5) is 0 Å². The summed E-state index contributed by atoms with van der Waals surface area (Å²) in [6, 6.07) is 8.32. The van der Waals surface area contributed by atoms with Gasteiger partial charge in [-0.2, -0.15) is 0 Å². The second-order valence-corrected chi connectivity index (χ2v) is 8.28. The number of aryl methyl sites for hydroxylation is 4. The molecule has 0 saturated heterocycles. The Kier molecular flexibility index (Phi) is 3.71. The van der Waals surface area contributed by atoms with E-state index in [1.54, 1.807) is 0 Å². The van der Waals surface area contributed by atoms with Crippen LogP contribution in [0.3, 0.4) is 0 Å². The van der Waals surface area contributed by atoms with E-state index in [0.717, 1.165) is 23.3 Å². The zero-order valence-electron chi connectivity index (χ0n) is 15.9. The van der Waals surface area contributed by atoms with Crippen molar-refractivity contribution in [2.24, 2.45) is 0 Å². The van der Waals surface area contributed by atoms with E-state index >= 15 is 0 Å². The standard InChI is InChI=1S/C22H28O2/c1-13-8-17(19(23)10-15(13)3)22(7)12-21(5,6)18-9-14(2)16(4)11-20(18)24-22/h8-11,23H,12H2,1-7H3/t22-/m1/s1. The molecule has 0 aliphatic carbocycles. The molecule has 3 rings (SSSR count). The fourth-order valence-electron chi connectivity index (χ4n) is 4.00. The van der Waals surface area contributed by atoms with Crippen molar-refractivity contribution in [2.75, 3.05) is 0 Å². The first-order valence-electron chi connectivity index (χ1n) is 8.65. The van der Waals surface area contributed by atoms with Gasteiger partial charge in [-0.15, -0.1) is 0 Å². The van der Waals surface area contributed by atoms with Gasteiger partial charge in [0.15, 0.2) is 0 Å². The number of phenols is 1. The Morgan fingerprint density at radius 3 is 1.92 bits per heavy atom. The van der Waals surface area contributed by atoms with Gasteiger partial charge >= 0.3 is 0 Å². The SMILES string of the molecule is Cc1cc(O)c([C@@]2(C)CC(C)(C)c3cc(C)c(C)cc3O2)cc1C. The van der Waals surface area contributed by atoms with E-state index in [1.807, 2.05) is 13.0 Å². The average molecular weight is 324 g/mol. The summed E-state index contributed by atoms with van der Waals surface area (Å²) in [4.78, 5) is 0. The number of phenolic OH excluding ortho intramolecular Hbond substituents is 1. The maximum Gasteiger partial charge on any atom is 0.136 e. The summed E-state index contributed by atoms with van der Waals surface area (Å²) in [5.41, 5.74) is 6.38. The molecule has 1 heterocycles. The van der Waals surface area contributed by atoms with Gasteiger partial charge in [0.1, 0.15) is 17.1 Å².